The molecule has 0 aliphatic heterocycles. The Hall–Kier alpha value is -1.57. The summed E-state index contributed by atoms with van der Waals surface area (Å²) in [5.74, 6) is 2.26. The van der Waals surface area contributed by atoms with Crippen LogP contribution in [0.1, 0.15) is 70.2 Å². The summed E-state index contributed by atoms with van der Waals surface area (Å²) in [7, 11) is 0. The minimum absolute atomic E-state index is 0.414. The van der Waals surface area contributed by atoms with E-state index in [1.165, 1.54) is 32.1 Å². The van der Waals surface area contributed by atoms with Crippen molar-refractivity contribution < 1.29 is 4.42 Å². The first kappa shape index (κ1) is 15.8. The zero-order valence-electron chi connectivity index (χ0n) is 13.6. The molecule has 0 saturated heterocycles. The summed E-state index contributed by atoms with van der Waals surface area (Å²) in [6, 6.07) is 10.2. The molecule has 2 aromatic rings. The second-order valence-corrected chi connectivity index (χ2v) is 6.01. The lowest BCUT2D eigenvalue weighted by Crippen LogP contribution is -1.94. The normalized spacial score (nSPS) is 11.2. The molecule has 0 aliphatic rings. The zero-order valence-corrected chi connectivity index (χ0v) is 13.6. The van der Waals surface area contributed by atoms with Crippen LogP contribution >= 0.6 is 0 Å². The van der Waals surface area contributed by atoms with Gasteiger partial charge < -0.3 is 4.42 Å². The van der Waals surface area contributed by atoms with E-state index < -0.39 is 0 Å². The van der Waals surface area contributed by atoms with E-state index in [1.54, 1.807) is 0 Å². The monoisotopic (exact) mass is 285 g/mol. The van der Waals surface area contributed by atoms with Gasteiger partial charge in [0, 0.05) is 12.0 Å². The maximum atomic E-state index is 6.06. The molecule has 114 valence electrons. The molecule has 21 heavy (non-hydrogen) atoms. The van der Waals surface area contributed by atoms with Crippen LogP contribution < -0.4 is 0 Å². The lowest BCUT2D eigenvalue weighted by Gasteiger charge is -2.03. The summed E-state index contributed by atoms with van der Waals surface area (Å²) in [6.45, 7) is 6.62. The quantitative estimate of drug-likeness (QED) is 0.558. The number of rotatable bonds is 8. The number of aryl methyl sites for hydroxylation is 1. The molecule has 2 rings (SSSR count). The van der Waals surface area contributed by atoms with Crippen LogP contribution in [0, 0.1) is 0 Å². The average molecular weight is 285 g/mol. The number of unbranched alkanes of at least 4 members (excludes halogenated alkanes) is 4. The number of benzene rings is 1. The van der Waals surface area contributed by atoms with Gasteiger partial charge in [-0.15, -0.1) is 0 Å². The SMILES string of the molecule is CCCCCCCc1oc(-c2ccccc2)nc1C(C)C. The van der Waals surface area contributed by atoms with Gasteiger partial charge in [0.25, 0.3) is 0 Å². The van der Waals surface area contributed by atoms with Gasteiger partial charge in [-0.25, -0.2) is 4.98 Å². The first-order chi connectivity index (χ1) is 10.2. The van der Waals surface area contributed by atoms with Crippen LogP contribution in [0.5, 0.6) is 0 Å². The molecule has 0 amide bonds. The van der Waals surface area contributed by atoms with Crippen molar-refractivity contribution in [3.05, 3.63) is 41.8 Å². The molecule has 0 spiro atoms. The molecule has 2 nitrogen and oxygen atoms in total. The highest BCUT2D eigenvalue weighted by Crippen LogP contribution is 2.27. The topological polar surface area (TPSA) is 26.0 Å². The number of hydrogen-bond donors (Lipinski definition) is 0. The Morgan fingerprint density at radius 2 is 1.71 bits per heavy atom. The summed E-state index contributed by atoms with van der Waals surface area (Å²) < 4.78 is 6.06. The molecule has 0 atom stereocenters. The smallest absolute Gasteiger partial charge is 0.226 e. The Balaban J connectivity index is 2.07. The molecular weight excluding hydrogens is 258 g/mol. The van der Waals surface area contributed by atoms with Crippen LogP contribution in [-0.4, -0.2) is 4.98 Å². The predicted octanol–water partition coefficient (Wildman–Crippen LogP) is 5.98. The van der Waals surface area contributed by atoms with Gasteiger partial charge in [-0.05, 0) is 24.5 Å². The van der Waals surface area contributed by atoms with E-state index in [2.05, 4.69) is 32.9 Å². The number of aromatic nitrogens is 1. The fourth-order valence-corrected chi connectivity index (χ4v) is 2.59. The second-order valence-electron chi connectivity index (χ2n) is 6.01. The molecule has 1 heterocycles. The summed E-state index contributed by atoms with van der Waals surface area (Å²) in [4.78, 5) is 4.73. The highest BCUT2D eigenvalue weighted by atomic mass is 16.4. The number of oxazole rings is 1. The standard InChI is InChI=1S/C19H27NO/c1-4-5-6-7-11-14-17-18(15(2)3)20-19(21-17)16-12-9-8-10-13-16/h8-10,12-13,15H,4-7,11,14H2,1-3H3. The third-order valence-corrected chi connectivity index (χ3v) is 3.80. The second kappa shape index (κ2) is 8.02. The van der Waals surface area contributed by atoms with Crippen LogP contribution in [0.15, 0.2) is 34.7 Å². The largest absolute Gasteiger partial charge is 0.441 e. The van der Waals surface area contributed by atoms with E-state index in [9.17, 15) is 0 Å². The third-order valence-electron chi connectivity index (χ3n) is 3.80. The Labute approximate surface area is 128 Å². The fourth-order valence-electron chi connectivity index (χ4n) is 2.59. The minimum atomic E-state index is 0.414. The van der Waals surface area contributed by atoms with Crippen LogP contribution in [-0.2, 0) is 6.42 Å². The summed E-state index contributed by atoms with van der Waals surface area (Å²) >= 11 is 0. The van der Waals surface area contributed by atoms with Gasteiger partial charge in [-0.3, -0.25) is 0 Å². The van der Waals surface area contributed by atoms with Crippen molar-refractivity contribution >= 4 is 0 Å². The van der Waals surface area contributed by atoms with Crippen LogP contribution in [0.4, 0.5) is 0 Å². The summed E-state index contributed by atoms with van der Waals surface area (Å²) in [5.41, 5.74) is 2.20. The van der Waals surface area contributed by atoms with E-state index in [0.29, 0.717) is 5.92 Å². The molecule has 2 heteroatoms. The van der Waals surface area contributed by atoms with E-state index in [-0.39, 0.29) is 0 Å². The number of nitrogens with zero attached hydrogens (tertiary/aromatic N) is 1. The summed E-state index contributed by atoms with van der Waals surface area (Å²) in [6.07, 6.45) is 7.44. The van der Waals surface area contributed by atoms with Crippen molar-refractivity contribution in [2.24, 2.45) is 0 Å². The van der Waals surface area contributed by atoms with Crippen molar-refractivity contribution in [2.45, 2.75) is 65.2 Å². The Kier molecular flexibility index (Phi) is 6.04. The highest BCUT2D eigenvalue weighted by Gasteiger charge is 2.16. The molecule has 1 aromatic heterocycles. The van der Waals surface area contributed by atoms with Crippen molar-refractivity contribution in [2.75, 3.05) is 0 Å². The Bertz CT molecular complexity index is 528. The van der Waals surface area contributed by atoms with Gasteiger partial charge in [0.2, 0.25) is 5.89 Å². The maximum absolute atomic E-state index is 6.06. The zero-order chi connectivity index (χ0) is 15.1. The summed E-state index contributed by atoms with van der Waals surface area (Å²) in [5, 5.41) is 0. The first-order valence-electron chi connectivity index (χ1n) is 8.27. The van der Waals surface area contributed by atoms with Crippen molar-refractivity contribution in [3.63, 3.8) is 0 Å². The van der Waals surface area contributed by atoms with E-state index in [0.717, 1.165) is 29.3 Å². The Morgan fingerprint density at radius 3 is 2.38 bits per heavy atom. The third kappa shape index (κ3) is 4.45. The van der Waals surface area contributed by atoms with Crippen LogP contribution in [0.25, 0.3) is 11.5 Å². The van der Waals surface area contributed by atoms with Gasteiger partial charge in [0.05, 0.1) is 5.69 Å². The van der Waals surface area contributed by atoms with Gasteiger partial charge in [-0.1, -0.05) is 64.7 Å². The molecular formula is C19H27NO. The molecule has 0 fully saturated rings. The lowest BCUT2D eigenvalue weighted by atomic mass is 10.0. The van der Waals surface area contributed by atoms with E-state index in [1.807, 2.05) is 18.2 Å². The van der Waals surface area contributed by atoms with Crippen LogP contribution in [0.3, 0.4) is 0 Å². The predicted molar refractivity (Wildman–Crippen MR) is 88.5 cm³/mol. The van der Waals surface area contributed by atoms with E-state index in [4.69, 9.17) is 9.40 Å². The van der Waals surface area contributed by atoms with Gasteiger partial charge in [0.1, 0.15) is 5.76 Å². The average Bonchev–Trinajstić information content (AvgIpc) is 2.92. The molecule has 0 N–H and O–H groups in total. The Morgan fingerprint density at radius 1 is 1.00 bits per heavy atom. The van der Waals surface area contributed by atoms with Crippen molar-refractivity contribution in [1.29, 1.82) is 0 Å². The molecule has 0 unspecified atom stereocenters. The maximum Gasteiger partial charge on any atom is 0.226 e. The minimum Gasteiger partial charge on any atom is -0.441 e. The van der Waals surface area contributed by atoms with Crippen molar-refractivity contribution in [1.82, 2.24) is 4.98 Å². The van der Waals surface area contributed by atoms with Crippen molar-refractivity contribution in [3.8, 4) is 11.5 Å². The molecule has 0 aliphatic carbocycles. The van der Waals surface area contributed by atoms with E-state index >= 15 is 0 Å². The van der Waals surface area contributed by atoms with Gasteiger partial charge in [-0.2, -0.15) is 0 Å². The van der Waals surface area contributed by atoms with Gasteiger partial charge >= 0.3 is 0 Å². The molecule has 0 radical (unpaired) electrons. The van der Waals surface area contributed by atoms with Gasteiger partial charge in [0.15, 0.2) is 0 Å². The lowest BCUT2D eigenvalue weighted by molar-refractivity contribution is 0.494. The fraction of sp³-hybridized carbons (Fsp3) is 0.526. The first-order valence-corrected chi connectivity index (χ1v) is 8.27. The molecule has 0 bridgehead atoms. The molecule has 1 aromatic carbocycles. The number of hydrogen-bond acceptors (Lipinski definition) is 2. The highest BCUT2D eigenvalue weighted by molar-refractivity contribution is 5.53. The van der Waals surface area contributed by atoms with Crippen LogP contribution in [0.2, 0.25) is 0 Å². The molecule has 0 saturated carbocycles.